The van der Waals surface area contributed by atoms with Crippen molar-refractivity contribution in [1.82, 2.24) is 9.21 Å². The number of hydrogen-bond donors (Lipinski definition) is 0. The lowest BCUT2D eigenvalue weighted by molar-refractivity contribution is -0.131. The second kappa shape index (κ2) is 9.34. The number of morpholine rings is 1. The number of amides is 1. The summed E-state index contributed by atoms with van der Waals surface area (Å²) >= 11 is -2.51. The van der Waals surface area contributed by atoms with Gasteiger partial charge < -0.3 is 14.2 Å². The average molecular weight is 416 g/mol. The highest BCUT2D eigenvalue weighted by atomic mass is 32.2. The molecule has 2 fully saturated rings. The van der Waals surface area contributed by atoms with E-state index in [9.17, 15) is 22.0 Å². The Hall–Kier alpha value is -1.91. The third kappa shape index (κ3) is 5.78. The number of nitrogens with zero attached hydrogens (tertiary/aromatic N) is 2. The summed E-state index contributed by atoms with van der Waals surface area (Å²) in [5, 5.41) is 0. The minimum Gasteiger partial charge on any atom is -0.755 e. The van der Waals surface area contributed by atoms with E-state index in [4.69, 9.17) is 4.74 Å². The summed E-state index contributed by atoms with van der Waals surface area (Å²) in [6, 6.07) is 0. The van der Waals surface area contributed by atoms with Crippen molar-refractivity contribution in [3.63, 3.8) is 0 Å². The zero-order valence-electron chi connectivity index (χ0n) is 14.9. The minimum absolute atomic E-state index is 0.0243. The molecule has 27 heavy (non-hydrogen) atoms. The summed E-state index contributed by atoms with van der Waals surface area (Å²) < 4.78 is 53.1. The Morgan fingerprint density at radius 3 is 2.44 bits per heavy atom. The molecule has 0 spiro atoms. The third-order valence-corrected chi connectivity index (χ3v) is 6.60. The Labute approximate surface area is 162 Å². The molecule has 0 bridgehead atoms. The normalized spacial score (nSPS) is 26.5. The van der Waals surface area contributed by atoms with Crippen molar-refractivity contribution in [2.75, 3.05) is 31.1 Å². The molecule has 0 N–H and O–H groups in total. The van der Waals surface area contributed by atoms with Crippen LogP contribution in [0, 0.1) is 0 Å². The molecule has 1 amide bonds. The highest BCUT2D eigenvalue weighted by molar-refractivity contribution is 7.91. The monoisotopic (exact) mass is 415 g/mol. The maximum Gasteiger partial charge on any atom is 0.222 e. The van der Waals surface area contributed by atoms with E-state index in [1.807, 2.05) is 0 Å². The van der Waals surface area contributed by atoms with E-state index in [2.05, 4.69) is 13.2 Å². The minimum atomic E-state index is -3.05. The van der Waals surface area contributed by atoms with Gasteiger partial charge in [0.05, 0.1) is 23.7 Å². The molecule has 150 valence electrons. The van der Waals surface area contributed by atoms with Gasteiger partial charge in [-0.05, 0) is 18.6 Å². The lowest BCUT2D eigenvalue weighted by Gasteiger charge is -2.39. The van der Waals surface area contributed by atoms with Gasteiger partial charge in [0.15, 0.2) is 9.84 Å². The Bertz CT molecular complexity index is 773. The first-order valence-corrected chi connectivity index (χ1v) is 11.3. The molecule has 2 aliphatic heterocycles. The fourth-order valence-electron chi connectivity index (χ4n) is 2.89. The maximum absolute atomic E-state index is 12.3. The summed E-state index contributed by atoms with van der Waals surface area (Å²) in [4.78, 5) is 13.9. The van der Waals surface area contributed by atoms with Crippen LogP contribution in [0.1, 0.15) is 12.8 Å². The van der Waals surface area contributed by atoms with Crippen molar-refractivity contribution in [2.24, 2.45) is 0 Å². The number of hydrogen-bond acceptors (Lipinski definition) is 6. The smallest absolute Gasteiger partial charge is 0.222 e. The van der Waals surface area contributed by atoms with E-state index in [-0.39, 0.29) is 43.5 Å². The van der Waals surface area contributed by atoms with Crippen LogP contribution < -0.4 is 0 Å². The van der Waals surface area contributed by atoms with Crippen LogP contribution in [-0.2, 0) is 30.6 Å². The topological polar surface area (TPSA) is 107 Å². The highest BCUT2D eigenvalue weighted by Crippen LogP contribution is 2.28. The van der Waals surface area contributed by atoms with Crippen LogP contribution >= 0.6 is 0 Å². The summed E-state index contributed by atoms with van der Waals surface area (Å²) in [6.45, 7) is 7.64. The van der Waals surface area contributed by atoms with Gasteiger partial charge in [-0.1, -0.05) is 25.3 Å². The molecule has 0 aliphatic carbocycles. The maximum atomic E-state index is 12.3. The molecule has 2 saturated heterocycles. The number of rotatable bonds is 6. The number of carbonyl (C=O) groups is 1. The van der Waals surface area contributed by atoms with Crippen LogP contribution in [0.15, 0.2) is 48.9 Å². The van der Waals surface area contributed by atoms with Crippen molar-refractivity contribution in [1.29, 1.82) is 0 Å². The Morgan fingerprint density at radius 2 is 1.89 bits per heavy atom. The molecule has 10 heteroatoms. The third-order valence-electron chi connectivity index (χ3n) is 4.29. The molecule has 0 radical (unpaired) electrons. The molecule has 2 heterocycles. The number of sulfone groups is 1. The molecule has 0 saturated carbocycles. The van der Waals surface area contributed by atoms with Gasteiger partial charge in [-0.25, -0.2) is 8.42 Å². The van der Waals surface area contributed by atoms with E-state index in [1.54, 1.807) is 6.08 Å². The first-order chi connectivity index (χ1) is 12.8. The molecule has 0 aromatic heterocycles. The summed E-state index contributed by atoms with van der Waals surface area (Å²) in [5.74, 6) is 0.124. The number of ether oxygens (including phenoxy) is 1. The second-order valence-corrected chi connectivity index (χ2v) is 9.32. The summed E-state index contributed by atoms with van der Waals surface area (Å²) in [6.07, 6.45) is 5.98. The second-order valence-electron chi connectivity index (χ2n) is 6.14. The van der Waals surface area contributed by atoms with Crippen LogP contribution in [0.2, 0.25) is 0 Å². The van der Waals surface area contributed by atoms with E-state index < -0.39 is 27.2 Å². The van der Waals surface area contributed by atoms with Crippen molar-refractivity contribution in [3.05, 3.63) is 48.9 Å². The van der Waals surface area contributed by atoms with Crippen LogP contribution in [0.4, 0.5) is 0 Å². The average Bonchev–Trinajstić information content (AvgIpc) is 2.61. The lowest BCUT2D eigenvalue weighted by Crippen LogP contribution is -2.45. The van der Waals surface area contributed by atoms with Crippen molar-refractivity contribution in [3.8, 4) is 0 Å². The predicted octanol–water partition coefficient (Wildman–Crippen LogP) is 0.658. The highest BCUT2D eigenvalue weighted by Gasteiger charge is 2.30. The van der Waals surface area contributed by atoms with Gasteiger partial charge in [0, 0.05) is 30.8 Å². The van der Waals surface area contributed by atoms with Gasteiger partial charge >= 0.3 is 0 Å². The molecule has 2 atom stereocenters. The van der Waals surface area contributed by atoms with Crippen molar-refractivity contribution < 1.29 is 26.7 Å². The summed E-state index contributed by atoms with van der Waals surface area (Å²) in [7, 11) is -3.05. The first-order valence-electron chi connectivity index (χ1n) is 8.45. The van der Waals surface area contributed by atoms with Gasteiger partial charge in [-0.2, -0.15) is 0 Å². The van der Waals surface area contributed by atoms with Gasteiger partial charge in [0.25, 0.3) is 0 Å². The zero-order chi connectivity index (χ0) is 20.0. The van der Waals surface area contributed by atoms with E-state index in [1.165, 1.54) is 23.1 Å². The molecule has 8 nitrogen and oxygen atoms in total. The standard InChI is InChI=1S/C17H24N2O6S2/c1-3-5-15-16(6-4-2)25-14(13-19(15)26(21)22)7-8-17(20)18-9-11-27(23,24)12-10-18/h3-6,14H,1-2,7-13H2,(H,21,22)/p-1/b15-5+,16-6+. The first kappa shape index (κ1) is 21.4. The van der Waals surface area contributed by atoms with E-state index in [0.29, 0.717) is 17.9 Å². The molecule has 2 aliphatic rings. The Balaban J connectivity index is 2.02. The van der Waals surface area contributed by atoms with Crippen molar-refractivity contribution in [2.45, 2.75) is 18.9 Å². The Kier molecular flexibility index (Phi) is 7.40. The quantitative estimate of drug-likeness (QED) is 0.590. The fraction of sp³-hybridized carbons (Fsp3) is 0.471. The van der Waals surface area contributed by atoms with Crippen LogP contribution in [0.5, 0.6) is 0 Å². The molecular formula is C17H23N2O6S2-. The van der Waals surface area contributed by atoms with E-state index in [0.717, 1.165) is 4.31 Å². The van der Waals surface area contributed by atoms with Gasteiger partial charge in [0.2, 0.25) is 5.91 Å². The fourth-order valence-corrected chi connectivity index (χ4v) is 4.69. The lowest BCUT2D eigenvalue weighted by atomic mass is 10.1. The van der Waals surface area contributed by atoms with Crippen LogP contribution in [0.3, 0.4) is 0 Å². The van der Waals surface area contributed by atoms with Gasteiger partial charge in [0.1, 0.15) is 11.9 Å². The van der Waals surface area contributed by atoms with Crippen LogP contribution in [0.25, 0.3) is 0 Å². The van der Waals surface area contributed by atoms with E-state index >= 15 is 0 Å². The molecule has 2 unspecified atom stereocenters. The SMILES string of the molecule is C=C/C=C1/OC(CCC(=O)N2CCS(=O)(=O)CC2)CN(S(=O)[O-])/C1=C/C=C. The summed E-state index contributed by atoms with van der Waals surface area (Å²) in [5.41, 5.74) is 0.349. The zero-order valence-corrected chi connectivity index (χ0v) is 16.5. The van der Waals surface area contributed by atoms with Gasteiger partial charge in [-0.3, -0.25) is 13.3 Å². The molecule has 2 rings (SSSR count). The molecule has 0 aromatic carbocycles. The number of allylic oxidation sites excluding steroid dienone is 4. The van der Waals surface area contributed by atoms with Crippen LogP contribution in [-0.4, -0.2) is 69.5 Å². The number of carbonyl (C=O) groups excluding carboxylic acids is 1. The largest absolute Gasteiger partial charge is 0.755 e. The van der Waals surface area contributed by atoms with Crippen molar-refractivity contribution >= 4 is 27.0 Å². The Morgan fingerprint density at radius 1 is 1.26 bits per heavy atom. The predicted molar refractivity (Wildman–Crippen MR) is 102 cm³/mol. The molecular weight excluding hydrogens is 392 g/mol. The molecule has 0 aromatic rings. The van der Waals surface area contributed by atoms with Gasteiger partial charge in [-0.15, -0.1) is 0 Å².